The summed E-state index contributed by atoms with van der Waals surface area (Å²) < 4.78 is 2.53. The maximum absolute atomic E-state index is 2.44. The van der Waals surface area contributed by atoms with E-state index in [1.807, 2.05) is 11.3 Å². The van der Waals surface area contributed by atoms with Gasteiger partial charge in [0.15, 0.2) is 0 Å². The van der Waals surface area contributed by atoms with Gasteiger partial charge in [0.25, 0.3) is 0 Å². The van der Waals surface area contributed by atoms with Crippen LogP contribution in [0.5, 0.6) is 0 Å². The van der Waals surface area contributed by atoms with Gasteiger partial charge in [-0.1, -0.05) is 129 Å². The number of anilines is 6. The van der Waals surface area contributed by atoms with Gasteiger partial charge < -0.3 is 9.80 Å². The zero-order valence-corrected chi connectivity index (χ0v) is 29.9. The third kappa shape index (κ3) is 4.70. The molecule has 2 nitrogen and oxygen atoms in total. The normalized spacial score (nSPS) is 13.0. The van der Waals surface area contributed by atoms with E-state index in [9.17, 15) is 0 Å². The summed E-state index contributed by atoms with van der Waals surface area (Å²) in [6.45, 7) is 4.70. The molecule has 0 bridgehead atoms. The Kier molecular flexibility index (Phi) is 7.06. The Morgan fingerprint density at radius 1 is 0.442 bits per heavy atom. The van der Waals surface area contributed by atoms with Gasteiger partial charge in [-0.05, 0) is 99.8 Å². The molecule has 0 atom stereocenters. The lowest BCUT2D eigenvalue weighted by molar-refractivity contribution is 0.661. The smallest absolute Gasteiger partial charge is 0.0640 e. The summed E-state index contributed by atoms with van der Waals surface area (Å²) in [4.78, 5) is 4.82. The molecule has 0 amide bonds. The largest absolute Gasteiger partial charge is 0.310 e. The van der Waals surface area contributed by atoms with Crippen LogP contribution in [0.3, 0.4) is 0 Å². The summed E-state index contributed by atoms with van der Waals surface area (Å²) in [6.07, 6.45) is 0. The zero-order valence-electron chi connectivity index (χ0n) is 29.1. The number of nitrogens with zero attached hydrogens (tertiary/aromatic N) is 2. The molecule has 1 aliphatic rings. The predicted octanol–water partition coefficient (Wildman–Crippen LogP) is 14.5. The molecule has 0 radical (unpaired) electrons. The molecule has 0 saturated carbocycles. The summed E-state index contributed by atoms with van der Waals surface area (Å²) in [5.41, 5.74) is 12.4. The average molecular weight is 685 g/mol. The van der Waals surface area contributed by atoms with E-state index in [4.69, 9.17) is 0 Å². The molecule has 52 heavy (non-hydrogen) atoms. The van der Waals surface area contributed by atoms with Crippen LogP contribution in [0.2, 0.25) is 0 Å². The molecule has 0 aliphatic heterocycles. The van der Waals surface area contributed by atoms with Crippen LogP contribution in [0.25, 0.3) is 42.1 Å². The van der Waals surface area contributed by atoms with Gasteiger partial charge >= 0.3 is 0 Å². The minimum atomic E-state index is -0.0266. The lowest BCUT2D eigenvalue weighted by Crippen LogP contribution is -2.14. The van der Waals surface area contributed by atoms with Crippen LogP contribution in [0.4, 0.5) is 34.1 Å². The highest BCUT2D eigenvalue weighted by Crippen LogP contribution is 2.53. The van der Waals surface area contributed by atoms with Gasteiger partial charge in [0.05, 0.1) is 16.1 Å². The first-order chi connectivity index (χ1) is 25.6. The van der Waals surface area contributed by atoms with Crippen LogP contribution in [0, 0.1) is 0 Å². The second kappa shape index (κ2) is 12.0. The van der Waals surface area contributed by atoms with E-state index in [-0.39, 0.29) is 5.41 Å². The van der Waals surface area contributed by atoms with E-state index in [0.717, 1.165) is 22.7 Å². The minimum absolute atomic E-state index is 0.0266. The van der Waals surface area contributed by atoms with Crippen LogP contribution in [-0.4, -0.2) is 0 Å². The fraction of sp³-hybridized carbons (Fsp3) is 0.0612. The topological polar surface area (TPSA) is 6.48 Å². The number of hydrogen-bond donors (Lipinski definition) is 0. The molecule has 0 spiro atoms. The van der Waals surface area contributed by atoms with E-state index in [1.165, 1.54) is 64.6 Å². The number of para-hydroxylation sites is 3. The van der Waals surface area contributed by atoms with Crippen molar-refractivity contribution in [3.8, 4) is 11.1 Å². The molecule has 10 rings (SSSR count). The van der Waals surface area contributed by atoms with Gasteiger partial charge in [0.1, 0.15) is 0 Å². The summed E-state index contributed by atoms with van der Waals surface area (Å²) >= 11 is 1.87. The van der Waals surface area contributed by atoms with Gasteiger partial charge in [-0.25, -0.2) is 0 Å². The first kappa shape index (κ1) is 30.6. The number of thiophene rings is 1. The second-order valence-corrected chi connectivity index (χ2v) is 15.2. The molecule has 0 fully saturated rings. The van der Waals surface area contributed by atoms with Gasteiger partial charge in [-0.15, -0.1) is 11.3 Å². The third-order valence-corrected chi connectivity index (χ3v) is 12.0. The lowest BCUT2D eigenvalue weighted by atomic mass is 9.82. The van der Waals surface area contributed by atoms with E-state index < -0.39 is 0 Å². The van der Waals surface area contributed by atoms with Crippen molar-refractivity contribution in [2.75, 3.05) is 9.80 Å². The summed E-state index contributed by atoms with van der Waals surface area (Å²) in [6, 6.07) is 66.4. The maximum atomic E-state index is 2.44. The van der Waals surface area contributed by atoms with Crippen LogP contribution < -0.4 is 9.80 Å². The molecule has 248 valence electrons. The number of hydrogen-bond acceptors (Lipinski definition) is 3. The molecule has 3 heteroatoms. The number of rotatable bonds is 6. The summed E-state index contributed by atoms with van der Waals surface area (Å²) in [7, 11) is 0. The Morgan fingerprint density at radius 3 is 1.73 bits per heavy atom. The minimum Gasteiger partial charge on any atom is -0.310 e. The fourth-order valence-electron chi connectivity index (χ4n) is 8.42. The van der Waals surface area contributed by atoms with Gasteiger partial charge in [-0.2, -0.15) is 0 Å². The SMILES string of the molecule is CC1(C)c2ccccc2-c2c1ccc1cc(N(c3ccccc3)c3cccc4c3sc3cccc(N(c5ccccc5)c5ccccc5)c34)ccc21. The monoisotopic (exact) mass is 684 g/mol. The van der Waals surface area contributed by atoms with E-state index in [2.05, 4.69) is 206 Å². The lowest BCUT2D eigenvalue weighted by Gasteiger charge is -2.27. The van der Waals surface area contributed by atoms with E-state index >= 15 is 0 Å². The Bertz CT molecular complexity index is 2730. The van der Waals surface area contributed by atoms with Crippen molar-refractivity contribution in [3.63, 3.8) is 0 Å². The highest BCUT2D eigenvalue weighted by atomic mass is 32.1. The first-order valence-electron chi connectivity index (χ1n) is 17.9. The Balaban J connectivity index is 1.18. The van der Waals surface area contributed by atoms with Crippen LogP contribution in [0.15, 0.2) is 182 Å². The van der Waals surface area contributed by atoms with Gasteiger partial charge in [0.2, 0.25) is 0 Å². The highest BCUT2D eigenvalue weighted by Gasteiger charge is 2.36. The molecular weight excluding hydrogens is 649 g/mol. The second-order valence-electron chi connectivity index (χ2n) is 14.1. The molecule has 9 aromatic rings. The molecule has 0 N–H and O–H groups in total. The summed E-state index contributed by atoms with van der Waals surface area (Å²) in [5, 5.41) is 5.07. The van der Waals surface area contributed by atoms with Gasteiger partial charge in [-0.3, -0.25) is 0 Å². The fourth-order valence-corrected chi connectivity index (χ4v) is 9.65. The molecule has 0 unspecified atom stereocenters. The zero-order chi connectivity index (χ0) is 34.8. The Hall–Kier alpha value is -6.16. The van der Waals surface area contributed by atoms with Crippen molar-refractivity contribution in [1.29, 1.82) is 0 Å². The predicted molar refractivity (Wildman–Crippen MR) is 224 cm³/mol. The van der Waals surface area contributed by atoms with Crippen molar-refractivity contribution < 1.29 is 0 Å². The van der Waals surface area contributed by atoms with Crippen LogP contribution >= 0.6 is 11.3 Å². The number of fused-ring (bicyclic) bond motifs is 8. The van der Waals surface area contributed by atoms with Crippen LogP contribution in [-0.2, 0) is 5.41 Å². The molecule has 1 heterocycles. The van der Waals surface area contributed by atoms with Gasteiger partial charge in [0, 0.05) is 43.6 Å². The highest BCUT2D eigenvalue weighted by molar-refractivity contribution is 7.26. The molecule has 0 saturated heterocycles. The first-order valence-corrected chi connectivity index (χ1v) is 18.8. The standard InChI is InChI=1S/C49H36N2S/c1-49(2)41-24-13-12-22-39(41)46-38-30-29-37(32-33(38)28-31-42(46)49)51(36-20-10-5-11-21-36)44-26-14-23-40-47-43(25-15-27-45(47)52-48(40)44)50(34-16-6-3-7-17-34)35-18-8-4-9-19-35/h3-32H,1-2H3. The molecule has 8 aromatic carbocycles. The Morgan fingerprint density at radius 2 is 1.04 bits per heavy atom. The molecule has 1 aliphatic carbocycles. The van der Waals surface area contributed by atoms with E-state index in [0.29, 0.717) is 0 Å². The molecular formula is C49H36N2S. The third-order valence-electron chi connectivity index (χ3n) is 10.8. The Labute approximate surface area is 308 Å². The van der Waals surface area contributed by atoms with Crippen molar-refractivity contribution in [2.24, 2.45) is 0 Å². The van der Waals surface area contributed by atoms with Crippen molar-refractivity contribution in [2.45, 2.75) is 19.3 Å². The quantitative estimate of drug-likeness (QED) is 0.172. The van der Waals surface area contributed by atoms with Crippen molar-refractivity contribution in [1.82, 2.24) is 0 Å². The number of benzene rings is 8. The average Bonchev–Trinajstić information content (AvgIpc) is 3.70. The summed E-state index contributed by atoms with van der Waals surface area (Å²) in [5.74, 6) is 0. The van der Waals surface area contributed by atoms with E-state index in [1.54, 1.807) is 0 Å². The molecule has 1 aromatic heterocycles. The van der Waals surface area contributed by atoms with Crippen molar-refractivity contribution >= 4 is 76.4 Å². The maximum Gasteiger partial charge on any atom is 0.0640 e. The van der Waals surface area contributed by atoms with Crippen molar-refractivity contribution in [3.05, 3.63) is 193 Å². The van der Waals surface area contributed by atoms with Crippen LogP contribution in [0.1, 0.15) is 25.0 Å².